The monoisotopic (exact) mass is 282 g/mol. The Bertz CT molecular complexity index is 428. The summed E-state index contributed by atoms with van der Waals surface area (Å²) in [5.41, 5.74) is 6.64. The predicted molar refractivity (Wildman–Crippen MR) is 77.4 cm³/mol. The average Bonchev–Trinajstić information content (AvgIpc) is 2.72. The molecule has 1 fully saturated rings. The van der Waals surface area contributed by atoms with Crippen LogP contribution in [0.5, 0.6) is 0 Å². The van der Waals surface area contributed by atoms with Gasteiger partial charge in [-0.2, -0.15) is 0 Å². The van der Waals surface area contributed by atoms with Crippen LogP contribution in [0.4, 0.5) is 8.78 Å². The van der Waals surface area contributed by atoms with Gasteiger partial charge in [-0.3, -0.25) is 4.90 Å². The standard InChI is InChI=1S/C16H24F2N2/c1-20(13-6-4-2-3-5-7-13)16(11-19)12-8-9-14(17)15(18)10-12/h8-10,13,16H,2-7,11,19H2,1H3. The number of nitrogens with zero attached hydrogens (tertiary/aromatic N) is 1. The highest BCUT2D eigenvalue weighted by Gasteiger charge is 2.24. The molecular formula is C16H24F2N2. The molecule has 2 nitrogen and oxygen atoms in total. The van der Waals surface area contributed by atoms with Crippen molar-refractivity contribution in [3.8, 4) is 0 Å². The van der Waals surface area contributed by atoms with Crippen LogP contribution in [0.2, 0.25) is 0 Å². The van der Waals surface area contributed by atoms with Gasteiger partial charge in [0.05, 0.1) is 0 Å². The van der Waals surface area contributed by atoms with Gasteiger partial charge >= 0.3 is 0 Å². The van der Waals surface area contributed by atoms with Gasteiger partial charge in [0, 0.05) is 18.6 Å². The Morgan fingerprint density at radius 1 is 1.15 bits per heavy atom. The Morgan fingerprint density at radius 2 is 1.80 bits per heavy atom. The Labute approximate surface area is 120 Å². The molecule has 1 atom stereocenters. The molecule has 112 valence electrons. The van der Waals surface area contributed by atoms with Crippen LogP contribution in [-0.4, -0.2) is 24.5 Å². The van der Waals surface area contributed by atoms with Crippen LogP contribution in [0.15, 0.2) is 18.2 Å². The van der Waals surface area contributed by atoms with E-state index in [-0.39, 0.29) is 6.04 Å². The second-order valence-electron chi connectivity index (χ2n) is 5.74. The Kier molecular flexibility index (Phi) is 5.49. The maximum absolute atomic E-state index is 13.4. The largest absolute Gasteiger partial charge is 0.329 e. The molecular weight excluding hydrogens is 258 g/mol. The fraction of sp³-hybridized carbons (Fsp3) is 0.625. The quantitative estimate of drug-likeness (QED) is 0.855. The molecule has 0 aromatic heterocycles. The Balaban J connectivity index is 2.15. The molecule has 1 unspecified atom stereocenters. The first kappa shape index (κ1) is 15.4. The SMILES string of the molecule is CN(C1CCCCCC1)C(CN)c1ccc(F)c(F)c1. The zero-order valence-electron chi connectivity index (χ0n) is 12.1. The third-order valence-corrected chi connectivity index (χ3v) is 4.44. The molecule has 0 amide bonds. The van der Waals surface area contributed by atoms with Crippen molar-refractivity contribution in [2.75, 3.05) is 13.6 Å². The number of hydrogen-bond acceptors (Lipinski definition) is 2. The van der Waals surface area contributed by atoms with Crippen molar-refractivity contribution >= 4 is 0 Å². The summed E-state index contributed by atoms with van der Waals surface area (Å²) in [6, 6.07) is 4.55. The highest BCUT2D eigenvalue weighted by Crippen LogP contribution is 2.28. The van der Waals surface area contributed by atoms with Crippen molar-refractivity contribution in [2.24, 2.45) is 5.73 Å². The van der Waals surface area contributed by atoms with Gasteiger partial charge in [-0.05, 0) is 37.6 Å². The van der Waals surface area contributed by atoms with E-state index < -0.39 is 11.6 Å². The summed E-state index contributed by atoms with van der Waals surface area (Å²) in [5, 5.41) is 0. The van der Waals surface area contributed by atoms with E-state index in [1.807, 2.05) is 0 Å². The first-order chi connectivity index (χ1) is 9.63. The van der Waals surface area contributed by atoms with Crippen molar-refractivity contribution in [3.63, 3.8) is 0 Å². The second kappa shape index (κ2) is 7.14. The van der Waals surface area contributed by atoms with Crippen LogP contribution in [0.1, 0.15) is 50.1 Å². The molecule has 0 heterocycles. The Hall–Kier alpha value is -1.00. The van der Waals surface area contributed by atoms with Crippen molar-refractivity contribution in [1.29, 1.82) is 0 Å². The molecule has 1 aliphatic rings. The number of benzene rings is 1. The first-order valence-electron chi connectivity index (χ1n) is 7.50. The molecule has 4 heteroatoms. The van der Waals surface area contributed by atoms with Crippen LogP contribution >= 0.6 is 0 Å². The van der Waals surface area contributed by atoms with Crippen LogP contribution < -0.4 is 5.73 Å². The summed E-state index contributed by atoms with van der Waals surface area (Å²) in [4.78, 5) is 2.25. The summed E-state index contributed by atoms with van der Waals surface area (Å²) >= 11 is 0. The maximum Gasteiger partial charge on any atom is 0.159 e. The van der Waals surface area contributed by atoms with Gasteiger partial charge in [-0.1, -0.05) is 31.7 Å². The highest BCUT2D eigenvalue weighted by atomic mass is 19.2. The van der Waals surface area contributed by atoms with E-state index in [9.17, 15) is 8.78 Å². The minimum Gasteiger partial charge on any atom is -0.329 e. The van der Waals surface area contributed by atoms with Gasteiger partial charge in [0.25, 0.3) is 0 Å². The van der Waals surface area contributed by atoms with Gasteiger partial charge in [0.15, 0.2) is 11.6 Å². The summed E-state index contributed by atoms with van der Waals surface area (Å²) in [6.45, 7) is 0.415. The third kappa shape index (κ3) is 3.55. The van der Waals surface area contributed by atoms with Crippen molar-refractivity contribution < 1.29 is 8.78 Å². The number of likely N-dealkylation sites (N-methyl/N-ethyl adjacent to an activating group) is 1. The van der Waals surface area contributed by atoms with Gasteiger partial charge < -0.3 is 5.73 Å². The van der Waals surface area contributed by atoms with Crippen LogP contribution in [-0.2, 0) is 0 Å². The lowest BCUT2D eigenvalue weighted by Gasteiger charge is -2.34. The van der Waals surface area contributed by atoms with E-state index in [1.54, 1.807) is 6.07 Å². The van der Waals surface area contributed by atoms with Gasteiger partial charge in [0.1, 0.15) is 0 Å². The zero-order valence-corrected chi connectivity index (χ0v) is 12.1. The predicted octanol–water partition coefficient (Wildman–Crippen LogP) is 3.62. The first-order valence-corrected chi connectivity index (χ1v) is 7.50. The van der Waals surface area contributed by atoms with E-state index in [2.05, 4.69) is 11.9 Å². The van der Waals surface area contributed by atoms with Crippen molar-refractivity contribution in [2.45, 2.75) is 50.6 Å². The second-order valence-corrected chi connectivity index (χ2v) is 5.74. The van der Waals surface area contributed by atoms with E-state index in [1.165, 1.54) is 37.8 Å². The van der Waals surface area contributed by atoms with Gasteiger partial charge in [-0.25, -0.2) is 8.78 Å². The lowest BCUT2D eigenvalue weighted by Crippen LogP contribution is -2.38. The van der Waals surface area contributed by atoms with E-state index in [0.29, 0.717) is 12.6 Å². The van der Waals surface area contributed by atoms with E-state index in [4.69, 9.17) is 5.73 Å². The molecule has 2 N–H and O–H groups in total. The van der Waals surface area contributed by atoms with E-state index in [0.717, 1.165) is 18.4 Å². The molecule has 1 aromatic carbocycles. The average molecular weight is 282 g/mol. The van der Waals surface area contributed by atoms with Crippen LogP contribution in [0.25, 0.3) is 0 Å². The fourth-order valence-corrected chi connectivity index (χ4v) is 3.18. The highest BCUT2D eigenvalue weighted by molar-refractivity contribution is 5.22. The molecule has 2 rings (SSSR count). The number of nitrogens with two attached hydrogens (primary N) is 1. The van der Waals surface area contributed by atoms with E-state index >= 15 is 0 Å². The summed E-state index contributed by atoms with van der Waals surface area (Å²) < 4.78 is 26.5. The number of halogens is 2. The normalized spacial score (nSPS) is 19.1. The summed E-state index contributed by atoms with van der Waals surface area (Å²) in [7, 11) is 2.05. The van der Waals surface area contributed by atoms with Gasteiger partial charge in [-0.15, -0.1) is 0 Å². The minimum atomic E-state index is -0.804. The molecule has 0 radical (unpaired) electrons. The van der Waals surface area contributed by atoms with Crippen molar-refractivity contribution in [3.05, 3.63) is 35.4 Å². The van der Waals surface area contributed by atoms with Gasteiger partial charge in [0.2, 0.25) is 0 Å². The lowest BCUT2D eigenvalue weighted by atomic mass is 10.0. The molecule has 0 aliphatic heterocycles. The molecule has 0 bridgehead atoms. The lowest BCUT2D eigenvalue weighted by molar-refractivity contribution is 0.161. The fourth-order valence-electron chi connectivity index (χ4n) is 3.18. The smallest absolute Gasteiger partial charge is 0.159 e. The van der Waals surface area contributed by atoms with Crippen LogP contribution in [0, 0.1) is 11.6 Å². The molecule has 0 spiro atoms. The molecule has 1 aliphatic carbocycles. The molecule has 1 saturated carbocycles. The summed E-state index contributed by atoms with van der Waals surface area (Å²) in [6.07, 6.45) is 7.40. The molecule has 0 saturated heterocycles. The molecule has 20 heavy (non-hydrogen) atoms. The minimum absolute atomic E-state index is 0.0480. The Morgan fingerprint density at radius 3 is 2.35 bits per heavy atom. The number of rotatable bonds is 4. The maximum atomic E-state index is 13.4. The van der Waals surface area contributed by atoms with Crippen molar-refractivity contribution in [1.82, 2.24) is 4.90 Å². The summed E-state index contributed by atoms with van der Waals surface area (Å²) in [5.74, 6) is -1.60. The topological polar surface area (TPSA) is 29.3 Å². The third-order valence-electron chi connectivity index (χ3n) is 4.44. The zero-order chi connectivity index (χ0) is 14.5. The number of hydrogen-bond donors (Lipinski definition) is 1. The van der Waals surface area contributed by atoms with Crippen LogP contribution in [0.3, 0.4) is 0 Å². The molecule has 1 aromatic rings.